The van der Waals surface area contributed by atoms with E-state index in [2.05, 4.69) is 24.8 Å². The Hall–Kier alpha value is -1.86. The van der Waals surface area contributed by atoms with Gasteiger partial charge in [0, 0.05) is 32.6 Å². The molecule has 0 bridgehead atoms. The summed E-state index contributed by atoms with van der Waals surface area (Å²) in [5.74, 6) is 0.628. The topological polar surface area (TPSA) is 47.3 Å². The molecule has 0 N–H and O–H groups in total. The van der Waals surface area contributed by atoms with Gasteiger partial charge in [0.05, 0.1) is 6.07 Å². The van der Waals surface area contributed by atoms with E-state index < -0.39 is 0 Å². The number of piperazine rings is 1. The molecular formula is C18H25N3O. The fourth-order valence-electron chi connectivity index (χ4n) is 2.95. The number of aryl methyl sites for hydroxylation is 1. The van der Waals surface area contributed by atoms with Gasteiger partial charge in [-0.15, -0.1) is 0 Å². The third-order valence-electron chi connectivity index (χ3n) is 4.22. The van der Waals surface area contributed by atoms with Gasteiger partial charge in [0.25, 0.3) is 0 Å². The Balaban J connectivity index is 2.00. The first kappa shape index (κ1) is 16.5. The Morgan fingerprint density at radius 2 is 1.86 bits per heavy atom. The van der Waals surface area contributed by atoms with E-state index in [0.717, 1.165) is 37.3 Å². The van der Waals surface area contributed by atoms with Crippen molar-refractivity contribution >= 4 is 5.91 Å². The van der Waals surface area contributed by atoms with Gasteiger partial charge in [-0.05, 0) is 24.0 Å². The summed E-state index contributed by atoms with van der Waals surface area (Å²) in [6.45, 7) is 9.14. The Labute approximate surface area is 133 Å². The highest BCUT2D eigenvalue weighted by molar-refractivity contribution is 5.76. The Bertz CT molecular complexity index is 554. The number of nitriles is 1. The summed E-state index contributed by atoms with van der Waals surface area (Å²) in [4.78, 5) is 16.2. The monoisotopic (exact) mass is 299 g/mol. The second kappa shape index (κ2) is 7.42. The number of hydrogen-bond acceptors (Lipinski definition) is 3. The second-order valence-corrected chi connectivity index (χ2v) is 6.40. The molecule has 1 aliphatic heterocycles. The third-order valence-corrected chi connectivity index (χ3v) is 4.22. The maximum Gasteiger partial charge on any atom is 0.222 e. The first-order chi connectivity index (χ1) is 10.5. The fourth-order valence-corrected chi connectivity index (χ4v) is 2.95. The van der Waals surface area contributed by atoms with Crippen molar-refractivity contribution in [2.45, 2.75) is 33.2 Å². The highest BCUT2D eigenvalue weighted by atomic mass is 16.2. The number of benzene rings is 1. The van der Waals surface area contributed by atoms with Gasteiger partial charge >= 0.3 is 0 Å². The van der Waals surface area contributed by atoms with Crippen LogP contribution in [-0.2, 0) is 4.79 Å². The lowest BCUT2D eigenvalue weighted by atomic mass is 10.0. The van der Waals surface area contributed by atoms with Crippen LogP contribution in [-0.4, -0.2) is 41.9 Å². The summed E-state index contributed by atoms with van der Waals surface area (Å²) in [6, 6.07) is 10.3. The maximum atomic E-state index is 12.1. The third kappa shape index (κ3) is 3.86. The molecule has 1 aromatic carbocycles. The molecule has 1 aromatic rings. The van der Waals surface area contributed by atoms with Crippen molar-refractivity contribution in [2.75, 3.05) is 26.2 Å². The number of nitrogens with zero attached hydrogens (tertiary/aromatic N) is 3. The van der Waals surface area contributed by atoms with Crippen molar-refractivity contribution in [3.8, 4) is 6.07 Å². The molecule has 4 nitrogen and oxygen atoms in total. The summed E-state index contributed by atoms with van der Waals surface area (Å²) in [5, 5.41) is 9.58. The normalized spacial score (nSPS) is 17.3. The smallest absolute Gasteiger partial charge is 0.222 e. The lowest BCUT2D eigenvalue weighted by Crippen LogP contribution is -2.49. The number of amides is 1. The minimum atomic E-state index is -0.219. The van der Waals surface area contributed by atoms with E-state index in [1.165, 1.54) is 0 Å². The first-order valence-corrected chi connectivity index (χ1v) is 8.00. The lowest BCUT2D eigenvalue weighted by Gasteiger charge is -2.37. The van der Waals surface area contributed by atoms with Gasteiger partial charge in [-0.2, -0.15) is 5.26 Å². The molecule has 1 aliphatic rings. The van der Waals surface area contributed by atoms with Gasteiger partial charge in [0.1, 0.15) is 6.04 Å². The molecule has 1 atom stereocenters. The highest BCUT2D eigenvalue weighted by Gasteiger charge is 2.27. The summed E-state index contributed by atoms with van der Waals surface area (Å²) in [7, 11) is 0. The van der Waals surface area contributed by atoms with Gasteiger partial charge in [-0.3, -0.25) is 9.69 Å². The second-order valence-electron chi connectivity index (χ2n) is 6.40. The number of carbonyl (C=O) groups excluding carboxylic acids is 1. The molecule has 0 radical (unpaired) electrons. The van der Waals surface area contributed by atoms with Crippen molar-refractivity contribution in [3.05, 3.63) is 35.4 Å². The number of carbonyl (C=O) groups is 1. The van der Waals surface area contributed by atoms with Crippen molar-refractivity contribution in [1.29, 1.82) is 5.26 Å². The summed E-state index contributed by atoms with van der Waals surface area (Å²) in [5.41, 5.74) is 2.22. The number of hydrogen-bond donors (Lipinski definition) is 0. The van der Waals surface area contributed by atoms with Gasteiger partial charge in [0.15, 0.2) is 0 Å². The van der Waals surface area contributed by atoms with E-state index in [0.29, 0.717) is 12.3 Å². The molecular weight excluding hydrogens is 274 g/mol. The number of rotatable bonds is 4. The van der Waals surface area contributed by atoms with Crippen LogP contribution in [0.5, 0.6) is 0 Å². The average Bonchev–Trinajstić information content (AvgIpc) is 2.50. The largest absolute Gasteiger partial charge is 0.340 e. The van der Waals surface area contributed by atoms with E-state index in [-0.39, 0.29) is 11.9 Å². The molecule has 1 heterocycles. The SMILES string of the molecule is Cc1ccccc1C(C#N)N1CCN(C(=O)CC(C)C)CC1. The molecule has 0 aliphatic carbocycles. The Morgan fingerprint density at radius 3 is 2.41 bits per heavy atom. The summed E-state index contributed by atoms with van der Waals surface area (Å²) < 4.78 is 0. The zero-order chi connectivity index (χ0) is 16.1. The Morgan fingerprint density at radius 1 is 1.23 bits per heavy atom. The predicted molar refractivity (Wildman–Crippen MR) is 87.1 cm³/mol. The molecule has 1 amide bonds. The molecule has 1 fully saturated rings. The van der Waals surface area contributed by atoms with Gasteiger partial charge < -0.3 is 4.90 Å². The molecule has 4 heteroatoms. The molecule has 2 rings (SSSR count). The van der Waals surface area contributed by atoms with Crippen LogP contribution in [0.15, 0.2) is 24.3 Å². The zero-order valence-electron chi connectivity index (χ0n) is 13.7. The van der Waals surface area contributed by atoms with Crippen molar-refractivity contribution in [3.63, 3.8) is 0 Å². The minimum Gasteiger partial charge on any atom is -0.340 e. The van der Waals surface area contributed by atoms with E-state index in [1.807, 2.05) is 36.1 Å². The quantitative estimate of drug-likeness (QED) is 0.859. The van der Waals surface area contributed by atoms with Crippen LogP contribution in [0.4, 0.5) is 0 Å². The summed E-state index contributed by atoms with van der Waals surface area (Å²) >= 11 is 0. The first-order valence-electron chi connectivity index (χ1n) is 8.00. The van der Waals surface area contributed by atoms with Crippen molar-refractivity contribution in [2.24, 2.45) is 5.92 Å². The standard InChI is InChI=1S/C18H25N3O/c1-14(2)12-18(22)21-10-8-20(9-11-21)17(13-19)16-7-5-4-6-15(16)3/h4-7,14,17H,8-12H2,1-3H3. The van der Waals surface area contributed by atoms with Gasteiger partial charge in [-0.1, -0.05) is 38.1 Å². The molecule has 22 heavy (non-hydrogen) atoms. The van der Waals surface area contributed by atoms with Crippen molar-refractivity contribution in [1.82, 2.24) is 9.80 Å². The lowest BCUT2D eigenvalue weighted by molar-refractivity contribution is -0.133. The van der Waals surface area contributed by atoms with E-state index in [1.54, 1.807) is 0 Å². The predicted octanol–water partition coefficient (Wildman–Crippen LogP) is 2.75. The fraction of sp³-hybridized carbons (Fsp3) is 0.556. The van der Waals surface area contributed by atoms with Crippen molar-refractivity contribution < 1.29 is 4.79 Å². The van der Waals surface area contributed by atoms with Crippen LogP contribution in [0, 0.1) is 24.2 Å². The molecule has 1 unspecified atom stereocenters. The zero-order valence-corrected chi connectivity index (χ0v) is 13.7. The highest BCUT2D eigenvalue weighted by Crippen LogP contribution is 2.24. The van der Waals surface area contributed by atoms with E-state index >= 15 is 0 Å². The minimum absolute atomic E-state index is 0.219. The van der Waals surface area contributed by atoms with Gasteiger partial charge in [0.2, 0.25) is 5.91 Å². The molecule has 0 saturated carbocycles. The van der Waals surface area contributed by atoms with E-state index in [9.17, 15) is 10.1 Å². The van der Waals surface area contributed by atoms with Gasteiger partial charge in [-0.25, -0.2) is 0 Å². The molecule has 0 spiro atoms. The molecule has 0 aromatic heterocycles. The van der Waals surface area contributed by atoms with Crippen LogP contribution in [0.1, 0.15) is 37.4 Å². The average molecular weight is 299 g/mol. The molecule has 1 saturated heterocycles. The van der Waals surface area contributed by atoms with Crippen LogP contribution in [0.2, 0.25) is 0 Å². The van der Waals surface area contributed by atoms with Crippen LogP contribution >= 0.6 is 0 Å². The molecule has 118 valence electrons. The van der Waals surface area contributed by atoms with E-state index in [4.69, 9.17) is 0 Å². The van der Waals surface area contributed by atoms with Crippen LogP contribution in [0.3, 0.4) is 0 Å². The van der Waals surface area contributed by atoms with Crippen LogP contribution in [0.25, 0.3) is 0 Å². The van der Waals surface area contributed by atoms with Crippen LogP contribution < -0.4 is 0 Å². The Kier molecular flexibility index (Phi) is 5.57. The maximum absolute atomic E-state index is 12.1. The summed E-state index contributed by atoms with van der Waals surface area (Å²) in [6.07, 6.45) is 0.611.